The lowest BCUT2D eigenvalue weighted by Gasteiger charge is -2.33. The Morgan fingerprint density at radius 3 is 2.86 bits per heavy atom. The molecule has 5 nitrogen and oxygen atoms in total. The zero-order valence-electron chi connectivity index (χ0n) is 11.8. The zero-order chi connectivity index (χ0) is 14.8. The van der Waals surface area contributed by atoms with Crippen LogP contribution in [0.15, 0.2) is 34.8 Å². The van der Waals surface area contributed by atoms with Crippen LogP contribution in [0, 0.1) is 0 Å². The Hall–Kier alpha value is -1.66. The summed E-state index contributed by atoms with van der Waals surface area (Å²) in [6, 6.07) is 10.00. The number of hydrogen-bond acceptors (Lipinski definition) is 3. The van der Waals surface area contributed by atoms with Gasteiger partial charge in [-0.15, -0.1) is 0 Å². The molecule has 0 unspecified atom stereocenters. The Bertz CT molecular complexity index is 640. The summed E-state index contributed by atoms with van der Waals surface area (Å²) in [7, 11) is 0. The van der Waals surface area contributed by atoms with E-state index in [-0.39, 0.29) is 11.9 Å². The van der Waals surface area contributed by atoms with Crippen LogP contribution in [0.4, 0.5) is 0 Å². The van der Waals surface area contributed by atoms with E-state index in [9.17, 15) is 4.79 Å². The Balaban J connectivity index is 1.90. The second-order valence-corrected chi connectivity index (χ2v) is 5.97. The fourth-order valence-corrected chi connectivity index (χ4v) is 3.12. The molecular weight excluding hydrogens is 332 g/mol. The van der Waals surface area contributed by atoms with Crippen LogP contribution in [-0.2, 0) is 0 Å². The van der Waals surface area contributed by atoms with Gasteiger partial charge in [-0.05, 0) is 22.9 Å². The van der Waals surface area contributed by atoms with Gasteiger partial charge in [0.15, 0.2) is 0 Å². The number of H-pyrrole nitrogens is 1. The molecule has 1 aliphatic rings. The number of aromatic nitrogens is 2. The SMILES string of the molecule is C[C@@H]1CNCCN1C(=O)c1[nH]nc(-c2ccccc2)c1Br. The second kappa shape index (κ2) is 5.99. The first-order chi connectivity index (χ1) is 10.2. The Kier molecular flexibility index (Phi) is 4.07. The number of halogens is 1. The summed E-state index contributed by atoms with van der Waals surface area (Å²) in [5.74, 6) is -0.00874. The van der Waals surface area contributed by atoms with Crippen molar-refractivity contribution in [1.29, 1.82) is 0 Å². The van der Waals surface area contributed by atoms with Gasteiger partial charge in [-0.1, -0.05) is 30.3 Å². The van der Waals surface area contributed by atoms with Crippen LogP contribution in [0.3, 0.4) is 0 Å². The van der Waals surface area contributed by atoms with E-state index in [1.54, 1.807) is 0 Å². The Morgan fingerprint density at radius 1 is 1.38 bits per heavy atom. The molecular formula is C15H17BrN4O. The fourth-order valence-electron chi connectivity index (χ4n) is 2.54. The molecule has 1 saturated heterocycles. The lowest BCUT2D eigenvalue weighted by atomic mass is 10.1. The third-order valence-electron chi connectivity index (χ3n) is 3.73. The van der Waals surface area contributed by atoms with E-state index in [0.717, 1.165) is 28.8 Å². The smallest absolute Gasteiger partial charge is 0.273 e. The van der Waals surface area contributed by atoms with Crippen molar-refractivity contribution in [2.24, 2.45) is 0 Å². The normalized spacial score (nSPS) is 18.8. The highest BCUT2D eigenvalue weighted by Crippen LogP contribution is 2.29. The summed E-state index contributed by atoms with van der Waals surface area (Å²) in [4.78, 5) is 14.6. The molecule has 0 bridgehead atoms. The van der Waals surface area contributed by atoms with Gasteiger partial charge in [0, 0.05) is 31.2 Å². The van der Waals surface area contributed by atoms with Crippen LogP contribution in [-0.4, -0.2) is 46.7 Å². The lowest BCUT2D eigenvalue weighted by molar-refractivity contribution is 0.0648. The first kappa shape index (κ1) is 14.3. The first-order valence-electron chi connectivity index (χ1n) is 6.99. The minimum absolute atomic E-state index is 0.00874. The van der Waals surface area contributed by atoms with Gasteiger partial charge >= 0.3 is 0 Å². The average Bonchev–Trinajstić information content (AvgIpc) is 2.90. The number of nitrogens with zero attached hydrogens (tertiary/aromatic N) is 2. The maximum absolute atomic E-state index is 12.7. The topological polar surface area (TPSA) is 61.0 Å². The number of nitrogens with one attached hydrogen (secondary N) is 2. The van der Waals surface area contributed by atoms with Gasteiger partial charge in [-0.3, -0.25) is 9.89 Å². The summed E-state index contributed by atoms with van der Waals surface area (Å²) < 4.78 is 0.726. The fraction of sp³-hybridized carbons (Fsp3) is 0.333. The van der Waals surface area contributed by atoms with Crippen molar-refractivity contribution in [3.63, 3.8) is 0 Å². The number of benzene rings is 1. The molecule has 2 heterocycles. The number of aromatic amines is 1. The summed E-state index contributed by atoms with van der Waals surface area (Å²) in [5.41, 5.74) is 2.26. The number of rotatable bonds is 2. The van der Waals surface area contributed by atoms with Crippen molar-refractivity contribution in [1.82, 2.24) is 20.4 Å². The molecule has 6 heteroatoms. The lowest BCUT2D eigenvalue weighted by Crippen LogP contribution is -2.52. The average molecular weight is 349 g/mol. The van der Waals surface area contributed by atoms with E-state index < -0.39 is 0 Å². The third kappa shape index (κ3) is 2.73. The minimum atomic E-state index is -0.00874. The van der Waals surface area contributed by atoms with Gasteiger partial charge in [0.25, 0.3) is 5.91 Å². The maximum Gasteiger partial charge on any atom is 0.273 e. The summed E-state index contributed by atoms with van der Waals surface area (Å²) in [6.45, 7) is 4.41. The van der Waals surface area contributed by atoms with E-state index in [0.29, 0.717) is 12.2 Å². The number of piperazine rings is 1. The summed E-state index contributed by atoms with van der Waals surface area (Å²) >= 11 is 3.52. The van der Waals surface area contributed by atoms with Gasteiger partial charge in [-0.2, -0.15) is 5.10 Å². The van der Waals surface area contributed by atoms with E-state index in [4.69, 9.17) is 0 Å². The molecule has 0 radical (unpaired) electrons. The van der Waals surface area contributed by atoms with Crippen LogP contribution >= 0.6 is 15.9 Å². The van der Waals surface area contributed by atoms with Crippen LogP contribution in [0.1, 0.15) is 17.4 Å². The van der Waals surface area contributed by atoms with Gasteiger partial charge in [0.1, 0.15) is 11.4 Å². The predicted octanol–water partition coefficient (Wildman–Crippen LogP) is 2.27. The summed E-state index contributed by atoms with van der Waals surface area (Å²) in [6.07, 6.45) is 0. The quantitative estimate of drug-likeness (QED) is 0.875. The molecule has 1 amide bonds. The molecule has 0 aliphatic carbocycles. The van der Waals surface area contributed by atoms with E-state index in [1.165, 1.54) is 0 Å². The zero-order valence-corrected chi connectivity index (χ0v) is 13.4. The Labute approximate surface area is 131 Å². The molecule has 0 spiro atoms. The number of hydrogen-bond donors (Lipinski definition) is 2. The van der Waals surface area contributed by atoms with Crippen molar-refractivity contribution >= 4 is 21.8 Å². The minimum Gasteiger partial charge on any atom is -0.332 e. The monoisotopic (exact) mass is 348 g/mol. The Morgan fingerprint density at radius 2 is 2.14 bits per heavy atom. The van der Waals surface area contributed by atoms with Gasteiger partial charge in [0.05, 0.1) is 4.47 Å². The molecule has 110 valence electrons. The van der Waals surface area contributed by atoms with Crippen molar-refractivity contribution < 1.29 is 4.79 Å². The first-order valence-corrected chi connectivity index (χ1v) is 7.78. The highest BCUT2D eigenvalue weighted by Gasteiger charge is 2.28. The molecule has 2 aromatic rings. The van der Waals surface area contributed by atoms with Crippen molar-refractivity contribution in [3.05, 3.63) is 40.5 Å². The molecule has 1 aliphatic heterocycles. The van der Waals surface area contributed by atoms with E-state index in [1.807, 2.05) is 42.2 Å². The van der Waals surface area contributed by atoms with Gasteiger partial charge in [0.2, 0.25) is 0 Å². The standard InChI is InChI=1S/C15H17BrN4O/c1-10-9-17-7-8-20(10)15(21)14-12(16)13(18-19-14)11-5-3-2-4-6-11/h2-6,10,17H,7-9H2,1H3,(H,18,19)/t10-/m1/s1. The van der Waals surface area contributed by atoms with Crippen LogP contribution in [0.5, 0.6) is 0 Å². The van der Waals surface area contributed by atoms with Crippen LogP contribution in [0.25, 0.3) is 11.3 Å². The number of carbonyl (C=O) groups excluding carboxylic acids is 1. The van der Waals surface area contributed by atoms with Gasteiger partial charge in [-0.25, -0.2) is 0 Å². The van der Waals surface area contributed by atoms with Crippen molar-refractivity contribution in [2.45, 2.75) is 13.0 Å². The molecule has 1 aromatic carbocycles. The molecule has 1 fully saturated rings. The van der Waals surface area contributed by atoms with Crippen LogP contribution in [0.2, 0.25) is 0 Å². The largest absolute Gasteiger partial charge is 0.332 e. The molecule has 1 atom stereocenters. The van der Waals surface area contributed by atoms with Crippen molar-refractivity contribution in [3.8, 4) is 11.3 Å². The molecule has 2 N–H and O–H groups in total. The predicted molar refractivity (Wildman–Crippen MR) is 85.1 cm³/mol. The van der Waals surface area contributed by atoms with E-state index in [2.05, 4.69) is 31.4 Å². The molecule has 1 aromatic heterocycles. The molecule has 0 saturated carbocycles. The highest BCUT2D eigenvalue weighted by atomic mass is 79.9. The summed E-state index contributed by atoms with van der Waals surface area (Å²) in [5, 5.41) is 10.5. The van der Waals surface area contributed by atoms with E-state index >= 15 is 0 Å². The third-order valence-corrected chi connectivity index (χ3v) is 4.50. The second-order valence-electron chi connectivity index (χ2n) is 5.18. The number of carbonyl (C=O) groups is 1. The number of amides is 1. The molecule has 3 rings (SSSR count). The van der Waals surface area contributed by atoms with Gasteiger partial charge < -0.3 is 10.2 Å². The maximum atomic E-state index is 12.7. The molecule has 21 heavy (non-hydrogen) atoms. The highest BCUT2D eigenvalue weighted by molar-refractivity contribution is 9.10. The van der Waals surface area contributed by atoms with Crippen LogP contribution < -0.4 is 5.32 Å². The van der Waals surface area contributed by atoms with Crippen molar-refractivity contribution in [2.75, 3.05) is 19.6 Å².